The van der Waals surface area contributed by atoms with Gasteiger partial charge >= 0.3 is 0 Å². The van der Waals surface area contributed by atoms with Gasteiger partial charge in [0.2, 0.25) is 0 Å². The van der Waals surface area contributed by atoms with Gasteiger partial charge in [-0.05, 0) is 17.7 Å². The van der Waals surface area contributed by atoms with Gasteiger partial charge in [-0.25, -0.2) is 4.98 Å². The molecule has 0 aliphatic rings. The van der Waals surface area contributed by atoms with Crippen LogP contribution in [0.2, 0.25) is 0 Å². The van der Waals surface area contributed by atoms with Crippen LogP contribution in [0.1, 0.15) is 25.1 Å². The van der Waals surface area contributed by atoms with Crippen molar-refractivity contribution in [2.45, 2.75) is 33.0 Å². The second-order valence-electron chi connectivity index (χ2n) is 4.43. The predicted octanol–water partition coefficient (Wildman–Crippen LogP) is 1.82. The highest BCUT2D eigenvalue weighted by atomic mass is 15.0. The van der Waals surface area contributed by atoms with E-state index in [-0.39, 0.29) is 0 Å². The summed E-state index contributed by atoms with van der Waals surface area (Å²) in [5.74, 6) is 0. The summed E-state index contributed by atoms with van der Waals surface area (Å²) in [5.41, 5.74) is 2.31. The molecule has 0 spiro atoms. The summed E-state index contributed by atoms with van der Waals surface area (Å²) in [4.78, 5) is 8.38. The van der Waals surface area contributed by atoms with Gasteiger partial charge in [0.15, 0.2) is 0 Å². The lowest BCUT2D eigenvalue weighted by molar-refractivity contribution is 0.582. The average Bonchev–Trinajstić information content (AvgIpc) is 2.75. The van der Waals surface area contributed by atoms with Gasteiger partial charge in [-0.3, -0.25) is 4.98 Å². The molecule has 4 nitrogen and oxygen atoms in total. The monoisotopic (exact) mass is 230 g/mol. The minimum absolute atomic E-state index is 0.486. The van der Waals surface area contributed by atoms with E-state index in [2.05, 4.69) is 39.9 Å². The SMILES string of the molecule is CC(C)NCc1cn(Cc2ccncc2)cn1. The molecule has 2 heterocycles. The molecular formula is C13H18N4. The Bertz CT molecular complexity index is 447. The first kappa shape index (κ1) is 11.8. The van der Waals surface area contributed by atoms with Gasteiger partial charge in [0.05, 0.1) is 12.0 Å². The third-order valence-corrected chi connectivity index (χ3v) is 2.49. The fourth-order valence-corrected chi connectivity index (χ4v) is 1.59. The minimum atomic E-state index is 0.486. The Morgan fingerprint density at radius 3 is 2.76 bits per heavy atom. The average molecular weight is 230 g/mol. The number of hydrogen-bond acceptors (Lipinski definition) is 3. The molecule has 0 amide bonds. The van der Waals surface area contributed by atoms with Crippen LogP contribution in [0.4, 0.5) is 0 Å². The molecule has 0 aliphatic heterocycles. The molecule has 0 saturated heterocycles. The van der Waals surface area contributed by atoms with E-state index in [4.69, 9.17) is 0 Å². The van der Waals surface area contributed by atoms with Crippen LogP contribution in [0.25, 0.3) is 0 Å². The summed E-state index contributed by atoms with van der Waals surface area (Å²) >= 11 is 0. The summed E-state index contributed by atoms with van der Waals surface area (Å²) in [6, 6.07) is 4.53. The molecule has 0 fully saturated rings. The number of nitrogens with zero attached hydrogens (tertiary/aromatic N) is 3. The van der Waals surface area contributed by atoms with Crippen molar-refractivity contribution in [1.82, 2.24) is 19.9 Å². The van der Waals surface area contributed by atoms with Gasteiger partial charge in [0, 0.05) is 37.7 Å². The molecule has 1 N–H and O–H groups in total. The maximum atomic E-state index is 4.37. The molecule has 0 saturated carbocycles. The van der Waals surface area contributed by atoms with Gasteiger partial charge in [-0.2, -0.15) is 0 Å². The van der Waals surface area contributed by atoms with Gasteiger partial charge in [0.1, 0.15) is 0 Å². The van der Waals surface area contributed by atoms with Crippen molar-refractivity contribution in [1.29, 1.82) is 0 Å². The number of imidazole rings is 1. The first-order valence-electron chi connectivity index (χ1n) is 5.87. The summed E-state index contributed by atoms with van der Waals surface area (Å²) in [5, 5.41) is 3.35. The highest BCUT2D eigenvalue weighted by Crippen LogP contribution is 2.03. The predicted molar refractivity (Wildman–Crippen MR) is 67.5 cm³/mol. The van der Waals surface area contributed by atoms with Gasteiger partial charge < -0.3 is 9.88 Å². The van der Waals surface area contributed by atoms with E-state index < -0.39 is 0 Å². The van der Waals surface area contributed by atoms with Gasteiger partial charge in [0.25, 0.3) is 0 Å². The summed E-state index contributed by atoms with van der Waals surface area (Å²) in [6.07, 6.45) is 7.58. The van der Waals surface area contributed by atoms with E-state index in [1.54, 1.807) is 0 Å². The van der Waals surface area contributed by atoms with Crippen LogP contribution >= 0.6 is 0 Å². The third kappa shape index (κ3) is 3.67. The van der Waals surface area contributed by atoms with E-state index in [9.17, 15) is 0 Å². The maximum absolute atomic E-state index is 4.37. The number of aromatic nitrogens is 3. The zero-order chi connectivity index (χ0) is 12.1. The molecule has 17 heavy (non-hydrogen) atoms. The molecule has 0 aliphatic carbocycles. The lowest BCUT2D eigenvalue weighted by Crippen LogP contribution is -2.21. The number of nitrogens with one attached hydrogen (secondary N) is 1. The molecule has 0 radical (unpaired) electrons. The second-order valence-corrected chi connectivity index (χ2v) is 4.43. The van der Waals surface area contributed by atoms with E-state index in [0.717, 1.165) is 18.8 Å². The highest BCUT2D eigenvalue weighted by molar-refractivity contribution is 5.11. The molecule has 2 aromatic heterocycles. The number of pyridine rings is 1. The third-order valence-electron chi connectivity index (χ3n) is 2.49. The van der Waals surface area contributed by atoms with Gasteiger partial charge in [-0.15, -0.1) is 0 Å². The van der Waals surface area contributed by atoms with Crippen molar-refractivity contribution in [3.63, 3.8) is 0 Å². The van der Waals surface area contributed by atoms with E-state index in [0.29, 0.717) is 6.04 Å². The molecule has 90 valence electrons. The van der Waals surface area contributed by atoms with Crippen LogP contribution in [0, 0.1) is 0 Å². The maximum Gasteiger partial charge on any atom is 0.0953 e. The number of hydrogen-bond donors (Lipinski definition) is 1. The first-order valence-corrected chi connectivity index (χ1v) is 5.87. The Balaban J connectivity index is 1.94. The minimum Gasteiger partial charge on any atom is -0.333 e. The van der Waals surface area contributed by atoms with Crippen molar-refractivity contribution in [2.24, 2.45) is 0 Å². The fraction of sp³-hybridized carbons (Fsp3) is 0.385. The molecular weight excluding hydrogens is 212 g/mol. The van der Waals surface area contributed by atoms with Crippen LogP contribution in [-0.2, 0) is 13.1 Å². The van der Waals surface area contributed by atoms with E-state index in [1.165, 1.54) is 5.56 Å². The van der Waals surface area contributed by atoms with Crippen molar-refractivity contribution >= 4 is 0 Å². The zero-order valence-corrected chi connectivity index (χ0v) is 10.3. The lowest BCUT2D eigenvalue weighted by Gasteiger charge is -2.05. The van der Waals surface area contributed by atoms with Crippen molar-refractivity contribution in [3.05, 3.63) is 48.3 Å². The normalized spacial score (nSPS) is 11.0. The van der Waals surface area contributed by atoms with Crippen LogP contribution in [0.3, 0.4) is 0 Å². The molecule has 0 aromatic carbocycles. The summed E-state index contributed by atoms with van der Waals surface area (Å²) in [7, 11) is 0. The topological polar surface area (TPSA) is 42.7 Å². The Labute approximate surface area is 102 Å². The first-order chi connectivity index (χ1) is 8.24. The summed E-state index contributed by atoms with van der Waals surface area (Å²) < 4.78 is 2.09. The smallest absolute Gasteiger partial charge is 0.0953 e. The molecule has 2 rings (SSSR count). The van der Waals surface area contributed by atoms with Crippen LogP contribution in [-0.4, -0.2) is 20.6 Å². The fourth-order valence-electron chi connectivity index (χ4n) is 1.59. The van der Waals surface area contributed by atoms with Crippen molar-refractivity contribution < 1.29 is 0 Å². The molecule has 4 heteroatoms. The largest absolute Gasteiger partial charge is 0.333 e. The molecule has 0 bridgehead atoms. The second kappa shape index (κ2) is 5.59. The molecule has 0 unspecified atom stereocenters. The Hall–Kier alpha value is -1.68. The van der Waals surface area contributed by atoms with Crippen LogP contribution in [0.5, 0.6) is 0 Å². The molecule has 0 atom stereocenters. The van der Waals surface area contributed by atoms with E-state index in [1.807, 2.05) is 30.9 Å². The lowest BCUT2D eigenvalue weighted by atomic mass is 10.3. The standard InChI is InChI=1S/C13H18N4/c1-11(2)15-7-13-9-17(10-16-13)8-12-3-5-14-6-4-12/h3-6,9-11,15H,7-8H2,1-2H3. The highest BCUT2D eigenvalue weighted by Gasteiger charge is 2.00. The Morgan fingerprint density at radius 1 is 1.29 bits per heavy atom. The number of rotatable bonds is 5. The van der Waals surface area contributed by atoms with E-state index >= 15 is 0 Å². The summed E-state index contributed by atoms with van der Waals surface area (Å²) in [6.45, 7) is 5.93. The van der Waals surface area contributed by atoms with Crippen LogP contribution < -0.4 is 5.32 Å². The van der Waals surface area contributed by atoms with Crippen molar-refractivity contribution in [2.75, 3.05) is 0 Å². The Kier molecular flexibility index (Phi) is 3.88. The van der Waals surface area contributed by atoms with Crippen molar-refractivity contribution in [3.8, 4) is 0 Å². The zero-order valence-electron chi connectivity index (χ0n) is 10.3. The van der Waals surface area contributed by atoms with Crippen LogP contribution in [0.15, 0.2) is 37.1 Å². The van der Waals surface area contributed by atoms with Gasteiger partial charge in [-0.1, -0.05) is 13.8 Å². The molecule has 2 aromatic rings. The Morgan fingerprint density at radius 2 is 2.06 bits per heavy atom. The quantitative estimate of drug-likeness (QED) is 0.852.